The third kappa shape index (κ3) is 3.79. The third-order valence-electron chi connectivity index (χ3n) is 3.28. The van der Waals surface area contributed by atoms with Gasteiger partial charge in [0.2, 0.25) is 5.91 Å². The zero-order chi connectivity index (χ0) is 16.3. The molecule has 0 saturated heterocycles. The zero-order valence-corrected chi connectivity index (χ0v) is 13.0. The maximum Gasteiger partial charge on any atom is 0.547 e. The van der Waals surface area contributed by atoms with Gasteiger partial charge >= 0.3 is 13.1 Å². The zero-order valence-electron chi connectivity index (χ0n) is 13.0. The smallest absolute Gasteiger partial charge is 0.534 e. The molecule has 0 aromatic heterocycles. The van der Waals surface area contributed by atoms with Crippen LogP contribution in [0.2, 0.25) is 0 Å². The van der Waals surface area contributed by atoms with Crippen molar-refractivity contribution in [2.45, 2.75) is 33.1 Å². The van der Waals surface area contributed by atoms with E-state index in [1.165, 1.54) is 6.92 Å². The van der Waals surface area contributed by atoms with Gasteiger partial charge in [-0.3, -0.25) is 4.79 Å². The number of esters is 1. The van der Waals surface area contributed by atoms with E-state index in [0.717, 1.165) is 5.56 Å². The van der Waals surface area contributed by atoms with Crippen LogP contribution in [0.1, 0.15) is 36.7 Å². The number of amides is 1. The minimum Gasteiger partial charge on any atom is -0.534 e. The van der Waals surface area contributed by atoms with Crippen molar-refractivity contribution in [1.82, 2.24) is 5.32 Å². The number of para-hydroxylation sites is 1. The number of fused-ring (bicyclic) bond motifs is 1. The van der Waals surface area contributed by atoms with Crippen molar-refractivity contribution >= 4 is 19.0 Å². The highest BCUT2D eigenvalue weighted by Crippen LogP contribution is 2.30. The van der Waals surface area contributed by atoms with Crippen LogP contribution >= 0.6 is 0 Å². The lowest BCUT2D eigenvalue weighted by Crippen LogP contribution is -2.52. The average Bonchev–Trinajstić information content (AvgIpc) is 2.44. The Morgan fingerprint density at radius 1 is 1.50 bits per heavy atom. The molecule has 1 aliphatic rings. The van der Waals surface area contributed by atoms with E-state index in [1.807, 2.05) is 13.8 Å². The standard InChI is InChI=1S/C15H20BNO5/c1-9(2)8-21-15(19)12-6-4-5-11-7-13(17-10(3)18)16(20)22-14(11)12/h4-6,9,13,20H,7-8H2,1-3H3,(H,17,18)/t13-/m0/s1. The van der Waals surface area contributed by atoms with Crippen molar-refractivity contribution in [2.75, 3.05) is 6.61 Å². The largest absolute Gasteiger partial charge is 0.547 e. The van der Waals surface area contributed by atoms with Crippen LogP contribution in [0.5, 0.6) is 5.75 Å². The fraction of sp³-hybridized carbons (Fsp3) is 0.467. The molecule has 0 spiro atoms. The Balaban J connectivity index is 2.20. The molecule has 2 rings (SSSR count). The number of carbonyl (C=O) groups is 2. The van der Waals surface area contributed by atoms with Crippen LogP contribution in [0.4, 0.5) is 0 Å². The fourth-order valence-corrected chi connectivity index (χ4v) is 2.29. The first-order chi connectivity index (χ1) is 10.4. The number of carbonyl (C=O) groups excluding carboxylic acids is 2. The summed E-state index contributed by atoms with van der Waals surface area (Å²) in [5.41, 5.74) is 1.04. The Kier molecular flexibility index (Phi) is 5.08. The van der Waals surface area contributed by atoms with E-state index >= 15 is 0 Å². The number of benzene rings is 1. The molecular formula is C15H20BNO5. The van der Waals surface area contributed by atoms with Gasteiger partial charge in [0.05, 0.1) is 12.5 Å². The Hall–Kier alpha value is -2.02. The lowest BCUT2D eigenvalue weighted by atomic mass is 9.72. The molecule has 2 N–H and O–H groups in total. The molecule has 0 bridgehead atoms. The van der Waals surface area contributed by atoms with Crippen molar-refractivity contribution in [3.63, 3.8) is 0 Å². The lowest BCUT2D eigenvalue weighted by Gasteiger charge is -2.28. The third-order valence-corrected chi connectivity index (χ3v) is 3.28. The van der Waals surface area contributed by atoms with Crippen LogP contribution in [-0.2, 0) is 16.0 Å². The highest BCUT2D eigenvalue weighted by atomic mass is 16.5. The quantitative estimate of drug-likeness (QED) is 0.639. The van der Waals surface area contributed by atoms with Gasteiger partial charge in [-0.05, 0) is 24.0 Å². The molecular weight excluding hydrogens is 285 g/mol. The van der Waals surface area contributed by atoms with Gasteiger partial charge in [-0.25, -0.2) is 4.79 Å². The van der Waals surface area contributed by atoms with Gasteiger partial charge in [-0.15, -0.1) is 0 Å². The van der Waals surface area contributed by atoms with Crippen LogP contribution < -0.4 is 9.97 Å². The van der Waals surface area contributed by atoms with E-state index in [-0.39, 0.29) is 11.8 Å². The Bertz CT molecular complexity index is 575. The average molecular weight is 305 g/mol. The van der Waals surface area contributed by atoms with Gasteiger partial charge in [-0.2, -0.15) is 0 Å². The molecule has 1 atom stereocenters. The molecule has 1 heterocycles. The van der Waals surface area contributed by atoms with E-state index in [2.05, 4.69) is 5.32 Å². The Morgan fingerprint density at radius 3 is 2.86 bits per heavy atom. The van der Waals surface area contributed by atoms with Crippen LogP contribution in [0, 0.1) is 5.92 Å². The van der Waals surface area contributed by atoms with Gasteiger partial charge in [0.25, 0.3) is 0 Å². The van der Waals surface area contributed by atoms with Crippen molar-refractivity contribution in [2.24, 2.45) is 5.92 Å². The van der Waals surface area contributed by atoms with Crippen molar-refractivity contribution < 1.29 is 24.0 Å². The summed E-state index contributed by atoms with van der Waals surface area (Å²) in [6.07, 6.45) is 0.390. The van der Waals surface area contributed by atoms with Crippen LogP contribution in [-0.4, -0.2) is 36.6 Å². The summed E-state index contributed by atoms with van der Waals surface area (Å²) in [6, 6.07) is 5.14. The highest BCUT2D eigenvalue weighted by Gasteiger charge is 2.37. The molecule has 1 aromatic carbocycles. The van der Waals surface area contributed by atoms with Crippen molar-refractivity contribution in [3.8, 4) is 5.75 Å². The number of rotatable bonds is 4. The summed E-state index contributed by atoms with van der Waals surface area (Å²) in [4.78, 5) is 23.3. The van der Waals surface area contributed by atoms with Crippen LogP contribution in [0.3, 0.4) is 0 Å². The minimum atomic E-state index is -1.20. The second-order valence-corrected chi connectivity index (χ2v) is 5.81. The molecule has 1 aromatic rings. The van der Waals surface area contributed by atoms with Crippen LogP contribution in [0.15, 0.2) is 18.2 Å². The number of hydrogen-bond donors (Lipinski definition) is 2. The monoisotopic (exact) mass is 305 g/mol. The number of hydrogen-bond acceptors (Lipinski definition) is 5. The first-order valence-electron chi connectivity index (χ1n) is 7.29. The maximum absolute atomic E-state index is 12.1. The van der Waals surface area contributed by atoms with E-state index in [0.29, 0.717) is 24.3 Å². The summed E-state index contributed by atoms with van der Waals surface area (Å²) in [5.74, 6) is -0.698. The van der Waals surface area contributed by atoms with E-state index in [1.54, 1.807) is 18.2 Å². The molecule has 0 unspecified atom stereocenters. The van der Waals surface area contributed by atoms with E-state index in [4.69, 9.17) is 9.39 Å². The van der Waals surface area contributed by atoms with Gasteiger partial charge in [0.1, 0.15) is 11.3 Å². The molecule has 0 aliphatic carbocycles. The topological polar surface area (TPSA) is 84.9 Å². The second-order valence-electron chi connectivity index (χ2n) is 5.81. The summed E-state index contributed by atoms with van der Waals surface area (Å²) < 4.78 is 10.7. The minimum absolute atomic E-state index is 0.235. The van der Waals surface area contributed by atoms with Crippen LogP contribution in [0.25, 0.3) is 0 Å². The normalized spacial score (nSPS) is 16.8. The summed E-state index contributed by atoms with van der Waals surface area (Å²) >= 11 is 0. The SMILES string of the molecule is CC(=O)N[C@H]1Cc2cccc(C(=O)OCC(C)C)c2OB1O. The Labute approximate surface area is 129 Å². The van der Waals surface area contributed by atoms with Crippen molar-refractivity contribution in [3.05, 3.63) is 29.3 Å². The van der Waals surface area contributed by atoms with E-state index in [9.17, 15) is 14.6 Å². The van der Waals surface area contributed by atoms with Crippen molar-refractivity contribution in [1.29, 1.82) is 0 Å². The number of nitrogens with one attached hydrogen (secondary N) is 1. The number of ether oxygens (including phenoxy) is 1. The maximum atomic E-state index is 12.1. The fourth-order valence-electron chi connectivity index (χ4n) is 2.29. The van der Waals surface area contributed by atoms with Gasteiger partial charge < -0.3 is 19.7 Å². The molecule has 0 saturated carbocycles. The molecule has 1 aliphatic heterocycles. The molecule has 6 nitrogen and oxygen atoms in total. The molecule has 7 heteroatoms. The summed E-state index contributed by atoms with van der Waals surface area (Å²) in [6.45, 7) is 5.60. The summed E-state index contributed by atoms with van der Waals surface area (Å²) in [7, 11) is -1.20. The van der Waals surface area contributed by atoms with E-state index < -0.39 is 19.0 Å². The van der Waals surface area contributed by atoms with Gasteiger partial charge in [-0.1, -0.05) is 26.0 Å². The lowest BCUT2D eigenvalue weighted by molar-refractivity contribution is -0.119. The first-order valence-corrected chi connectivity index (χ1v) is 7.29. The molecule has 22 heavy (non-hydrogen) atoms. The summed E-state index contributed by atoms with van der Waals surface area (Å²) in [5, 5.41) is 12.6. The second kappa shape index (κ2) is 6.83. The molecule has 1 amide bonds. The predicted molar refractivity (Wildman–Crippen MR) is 81.5 cm³/mol. The Morgan fingerprint density at radius 2 is 2.23 bits per heavy atom. The highest BCUT2D eigenvalue weighted by molar-refractivity contribution is 6.47. The van der Waals surface area contributed by atoms with Gasteiger partial charge in [0.15, 0.2) is 0 Å². The predicted octanol–water partition coefficient (Wildman–Crippen LogP) is 0.959. The molecule has 0 fully saturated rings. The molecule has 0 radical (unpaired) electrons. The molecule has 118 valence electrons. The van der Waals surface area contributed by atoms with Gasteiger partial charge in [0, 0.05) is 6.92 Å². The first kappa shape index (κ1) is 16.4.